The fourth-order valence-electron chi connectivity index (χ4n) is 0.821. The third-order valence-corrected chi connectivity index (χ3v) is 2.84. The summed E-state index contributed by atoms with van der Waals surface area (Å²) in [6, 6.07) is 0. The van der Waals surface area contributed by atoms with E-state index in [0.29, 0.717) is 10.8 Å². The first-order valence-corrected chi connectivity index (χ1v) is 5.26. The molecule has 4 nitrogen and oxygen atoms in total. The lowest BCUT2D eigenvalue weighted by Crippen LogP contribution is -2.03. The van der Waals surface area contributed by atoms with Gasteiger partial charge in [-0.1, -0.05) is 30.3 Å². The topological polar surface area (TPSA) is 55.2 Å². The highest BCUT2D eigenvalue weighted by atomic mass is 35.5. The third-order valence-electron chi connectivity index (χ3n) is 1.50. The average Bonchev–Trinajstić information content (AvgIpc) is 2.18. The first-order valence-electron chi connectivity index (χ1n) is 4.01. The molecule has 1 aromatic heterocycles. The molecule has 14 heavy (non-hydrogen) atoms. The van der Waals surface area contributed by atoms with Crippen molar-refractivity contribution in [1.82, 2.24) is 9.97 Å². The molecule has 1 aromatic rings. The van der Waals surface area contributed by atoms with Crippen LogP contribution in [0.25, 0.3) is 0 Å². The highest BCUT2D eigenvalue weighted by Gasteiger charge is 2.13. The van der Waals surface area contributed by atoms with Crippen molar-refractivity contribution in [3.8, 4) is 5.75 Å². The Hall–Kier alpha value is -0.520. The van der Waals surface area contributed by atoms with Gasteiger partial charge in [0.15, 0.2) is 10.9 Å². The summed E-state index contributed by atoms with van der Waals surface area (Å²) in [7, 11) is 1.51. The number of halogens is 1. The second-order valence-electron chi connectivity index (χ2n) is 2.61. The maximum atomic E-state index is 8.89. The van der Waals surface area contributed by atoms with Crippen LogP contribution in [-0.2, 0) is 0 Å². The molecule has 1 unspecified atom stereocenters. The van der Waals surface area contributed by atoms with E-state index in [4.69, 9.17) is 21.4 Å². The Morgan fingerprint density at radius 2 is 2.36 bits per heavy atom. The summed E-state index contributed by atoms with van der Waals surface area (Å²) in [5.74, 6) is 0.458. The minimum absolute atomic E-state index is 0.0508. The summed E-state index contributed by atoms with van der Waals surface area (Å²) < 4.78 is 5.06. The van der Waals surface area contributed by atoms with Gasteiger partial charge in [0.25, 0.3) is 0 Å². The quantitative estimate of drug-likeness (QED) is 0.634. The molecule has 1 rings (SSSR count). The van der Waals surface area contributed by atoms with E-state index in [0.717, 1.165) is 0 Å². The second kappa shape index (κ2) is 5.38. The fourth-order valence-corrected chi connectivity index (χ4v) is 1.94. The number of hydrogen-bond donors (Lipinski definition) is 1. The third kappa shape index (κ3) is 2.73. The fraction of sp³-hybridized carbons (Fsp3) is 0.500. The zero-order valence-electron chi connectivity index (χ0n) is 7.90. The van der Waals surface area contributed by atoms with Gasteiger partial charge in [0, 0.05) is 5.25 Å². The van der Waals surface area contributed by atoms with E-state index in [1.165, 1.54) is 25.2 Å². The van der Waals surface area contributed by atoms with Gasteiger partial charge in [-0.15, -0.1) is 0 Å². The lowest BCUT2D eigenvalue weighted by Gasteiger charge is -2.10. The molecule has 0 aliphatic carbocycles. The van der Waals surface area contributed by atoms with E-state index in [1.807, 2.05) is 6.92 Å². The Kier molecular flexibility index (Phi) is 4.44. The summed E-state index contributed by atoms with van der Waals surface area (Å²) in [5.41, 5.74) is 0. The van der Waals surface area contributed by atoms with Crippen LogP contribution in [0.2, 0.25) is 5.15 Å². The molecular formula is C8H11ClN2O2S. The van der Waals surface area contributed by atoms with Gasteiger partial charge in [-0.05, 0) is 0 Å². The van der Waals surface area contributed by atoms with Crippen molar-refractivity contribution in [2.75, 3.05) is 13.7 Å². The standard InChI is InChI=1S/C8H11ClN2O2S/c1-5(3-12)14-8-6(13-2)7(9)10-4-11-8/h4-5,12H,3H2,1-2H3. The SMILES string of the molecule is COc1c(Cl)ncnc1SC(C)CO. The first kappa shape index (κ1) is 11.6. The molecule has 0 saturated carbocycles. The molecular weight excluding hydrogens is 224 g/mol. The number of aromatic nitrogens is 2. The number of hydrogen-bond acceptors (Lipinski definition) is 5. The average molecular weight is 235 g/mol. The number of rotatable bonds is 4. The van der Waals surface area contributed by atoms with Gasteiger partial charge >= 0.3 is 0 Å². The molecule has 78 valence electrons. The Bertz CT molecular complexity index is 311. The van der Waals surface area contributed by atoms with E-state index in [9.17, 15) is 0 Å². The lowest BCUT2D eigenvalue weighted by atomic mass is 10.5. The molecule has 0 aliphatic rings. The monoisotopic (exact) mass is 234 g/mol. The van der Waals surface area contributed by atoms with Crippen LogP contribution in [0.1, 0.15) is 6.92 Å². The Morgan fingerprint density at radius 1 is 1.64 bits per heavy atom. The Labute approximate surface area is 91.7 Å². The molecule has 0 saturated heterocycles. The van der Waals surface area contributed by atoms with E-state index in [2.05, 4.69) is 9.97 Å². The second-order valence-corrected chi connectivity index (χ2v) is 4.40. The van der Waals surface area contributed by atoms with Crippen LogP contribution in [0.4, 0.5) is 0 Å². The van der Waals surface area contributed by atoms with Crippen LogP contribution in [-0.4, -0.2) is 34.0 Å². The number of ether oxygens (including phenoxy) is 1. The predicted molar refractivity (Wildman–Crippen MR) is 56.0 cm³/mol. The van der Waals surface area contributed by atoms with Gasteiger partial charge in [0.05, 0.1) is 13.7 Å². The van der Waals surface area contributed by atoms with Crippen LogP contribution >= 0.6 is 23.4 Å². The van der Waals surface area contributed by atoms with Crippen LogP contribution in [0.3, 0.4) is 0 Å². The van der Waals surface area contributed by atoms with E-state index in [1.54, 1.807) is 0 Å². The largest absolute Gasteiger partial charge is 0.491 e. The summed E-state index contributed by atoms with van der Waals surface area (Å²) >= 11 is 7.20. The smallest absolute Gasteiger partial charge is 0.188 e. The first-order chi connectivity index (χ1) is 6.69. The van der Waals surface area contributed by atoms with Crippen LogP contribution < -0.4 is 4.74 Å². The van der Waals surface area contributed by atoms with Gasteiger partial charge in [-0.25, -0.2) is 9.97 Å². The van der Waals surface area contributed by atoms with Crippen LogP contribution in [0.5, 0.6) is 5.75 Å². The number of nitrogens with zero attached hydrogens (tertiary/aromatic N) is 2. The summed E-state index contributed by atoms with van der Waals surface area (Å²) in [6.07, 6.45) is 1.37. The maximum absolute atomic E-state index is 8.89. The molecule has 0 aliphatic heterocycles. The Balaban J connectivity index is 2.90. The molecule has 0 aromatic carbocycles. The highest BCUT2D eigenvalue weighted by Crippen LogP contribution is 2.33. The normalized spacial score (nSPS) is 12.6. The van der Waals surface area contributed by atoms with Crippen molar-refractivity contribution in [3.05, 3.63) is 11.5 Å². The minimum Gasteiger partial charge on any atom is -0.491 e. The number of aliphatic hydroxyl groups is 1. The zero-order valence-corrected chi connectivity index (χ0v) is 9.47. The molecule has 0 radical (unpaired) electrons. The summed E-state index contributed by atoms with van der Waals surface area (Å²) in [5, 5.41) is 9.88. The molecule has 1 N–H and O–H groups in total. The van der Waals surface area contributed by atoms with Crippen LogP contribution in [0, 0.1) is 0 Å². The summed E-state index contributed by atoms with van der Waals surface area (Å²) in [6.45, 7) is 1.97. The van der Waals surface area contributed by atoms with Crippen LogP contribution in [0.15, 0.2) is 11.4 Å². The Morgan fingerprint density at radius 3 is 2.93 bits per heavy atom. The van der Waals surface area contributed by atoms with Crippen molar-refractivity contribution >= 4 is 23.4 Å². The lowest BCUT2D eigenvalue weighted by molar-refractivity contribution is 0.300. The van der Waals surface area contributed by atoms with Crippen molar-refractivity contribution in [1.29, 1.82) is 0 Å². The molecule has 1 atom stereocenters. The number of aliphatic hydroxyl groups excluding tert-OH is 1. The van der Waals surface area contributed by atoms with Crippen molar-refractivity contribution < 1.29 is 9.84 Å². The van der Waals surface area contributed by atoms with E-state index >= 15 is 0 Å². The predicted octanol–water partition coefficient (Wildman–Crippen LogP) is 1.61. The molecule has 0 fully saturated rings. The van der Waals surface area contributed by atoms with Gasteiger partial charge in [-0.3, -0.25) is 0 Å². The molecule has 0 amide bonds. The van der Waals surface area contributed by atoms with E-state index < -0.39 is 0 Å². The molecule has 0 bridgehead atoms. The van der Waals surface area contributed by atoms with Gasteiger partial charge in [0.2, 0.25) is 0 Å². The number of methoxy groups -OCH3 is 1. The highest BCUT2D eigenvalue weighted by molar-refractivity contribution is 8.00. The number of thioether (sulfide) groups is 1. The van der Waals surface area contributed by atoms with Gasteiger partial charge < -0.3 is 9.84 Å². The van der Waals surface area contributed by atoms with Crippen molar-refractivity contribution in [3.63, 3.8) is 0 Å². The van der Waals surface area contributed by atoms with Crippen molar-refractivity contribution in [2.45, 2.75) is 17.2 Å². The summed E-state index contributed by atoms with van der Waals surface area (Å²) in [4.78, 5) is 7.83. The van der Waals surface area contributed by atoms with Gasteiger partial charge in [0.1, 0.15) is 11.4 Å². The zero-order chi connectivity index (χ0) is 10.6. The maximum Gasteiger partial charge on any atom is 0.188 e. The minimum atomic E-state index is 0.0508. The molecule has 6 heteroatoms. The van der Waals surface area contributed by atoms with E-state index in [-0.39, 0.29) is 17.0 Å². The molecule has 0 spiro atoms. The molecule has 1 heterocycles. The van der Waals surface area contributed by atoms with Gasteiger partial charge in [-0.2, -0.15) is 0 Å². The van der Waals surface area contributed by atoms with Crippen molar-refractivity contribution in [2.24, 2.45) is 0 Å².